The van der Waals surface area contributed by atoms with Crippen molar-refractivity contribution in [1.29, 1.82) is 0 Å². The van der Waals surface area contributed by atoms with Gasteiger partial charge in [0.05, 0.1) is 19.4 Å². The first-order valence-electron chi connectivity index (χ1n) is 7.62. The number of ether oxygens (including phenoxy) is 2. The Labute approximate surface area is 134 Å². The second-order valence-electron chi connectivity index (χ2n) is 5.38. The van der Waals surface area contributed by atoms with Gasteiger partial charge in [-0.25, -0.2) is 4.79 Å². The summed E-state index contributed by atoms with van der Waals surface area (Å²) in [4.78, 5) is 24.5. The molecule has 0 radical (unpaired) electrons. The van der Waals surface area contributed by atoms with Gasteiger partial charge in [-0.05, 0) is 37.6 Å². The van der Waals surface area contributed by atoms with E-state index in [0.29, 0.717) is 24.4 Å². The molecule has 0 saturated carbocycles. The van der Waals surface area contributed by atoms with E-state index in [4.69, 9.17) is 9.47 Å². The van der Waals surface area contributed by atoms with E-state index in [1.54, 1.807) is 31.2 Å². The Hall–Kier alpha value is -2.57. The number of hydrogen-bond donors (Lipinski definition) is 1. The maximum atomic E-state index is 12.3. The highest BCUT2D eigenvalue weighted by molar-refractivity contribution is 6.39. The molecule has 1 amide bonds. The smallest absolute Gasteiger partial charge is 0.354 e. The van der Waals surface area contributed by atoms with Crippen LogP contribution < -0.4 is 15.1 Å². The van der Waals surface area contributed by atoms with Gasteiger partial charge in [0, 0.05) is 12.5 Å². The lowest BCUT2D eigenvalue weighted by atomic mass is 9.88. The van der Waals surface area contributed by atoms with Gasteiger partial charge >= 0.3 is 5.97 Å². The lowest BCUT2D eigenvalue weighted by molar-refractivity contribution is -0.135. The molecule has 2 atom stereocenters. The first-order chi connectivity index (χ1) is 11.2. The third-order valence-corrected chi connectivity index (χ3v) is 4.06. The van der Waals surface area contributed by atoms with Crippen LogP contribution in [-0.2, 0) is 14.3 Å². The van der Waals surface area contributed by atoms with Crippen LogP contribution in [0.15, 0.2) is 29.4 Å². The molecule has 0 bridgehead atoms. The number of hydrazone groups is 1. The molecule has 1 N–H and O–H groups in total. The first-order valence-corrected chi connectivity index (χ1v) is 7.62. The fraction of sp³-hybridized carbons (Fsp3) is 0.438. The van der Waals surface area contributed by atoms with Crippen LogP contribution in [0.2, 0.25) is 0 Å². The second-order valence-corrected chi connectivity index (χ2v) is 5.38. The van der Waals surface area contributed by atoms with Crippen molar-refractivity contribution in [2.75, 3.05) is 25.3 Å². The molecule has 1 aromatic rings. The molecular formula is C16H19N3O4. The van der Waals surface area contributed by atoms with Gasteiger partial charge in [-0.1, -0.05) is 0 Å². The summed E-state index contributed by atoms with van der Waals surface area (Å²) in [5.41, 5.74) is 1.06. The third-order valence-electron chi connectivity index (χ3n) is 4.06. The zero-order chi connectivity index (χ0) is 16.4. The van der Waals surface area contributed by atoms with Crippen molar-refractivity contribution in [3.8, 4) is 5.75 Å². The molecule has 0 spiro atoms. The summed E-state index contributed by atoms with van der Waals surface area (Å²) in [6.45, 7) is 2.57. The molecule has 1 saturated heterocycles. The summed E-state index contributed by atoms with van der Waals surface area (Å²) in [6.07, 6.45) is 0.667. The Morgan fingerprint density at radius 3 is 2.78 bits per heavy atom. The van der Waals surface area contributed by atoms with Gasteiger partial charge in [-0.3, -0.25) is 9.80 Å². The van der Waals surface area contributed by atoms with Crippen molar-refractivity contribution in [2.45, 2.75) is 19.4 Å². The van der Waals surface area contributed by atoms with Gasteiger partial charge in [0.2, 0.25) is 5.91 Å². The number of piperidine rings is 1. The third kappa shape index (κ3) is 2.74. The minimum Gasteiger partial charge on any atom is -0.497 e. The van der Waals surface area contributed by atoms with Gasteiger partial charge in [0.1, 0.15) is 11.8 Å². The van der Waals surface area contributed by atoms with Gasteiger partial charge < -0.3 is 14.8 Å². The van der Waals surface area contributed by atoms with Crippen molar-refractivity contribution in [2.24, 2.45) is 11.0 Å². The minimum atomic E-state index is -0.517. The largest absolute Gasteiger partial charge is 0.497 e. The topological polar surface area (TPSA) is 80.2 Å². The summed E-state index contributed by atoms with van der Waals surface area (Å²) >= 11 is 0. The lowest BCUT2D eigenvalue weighted by Gasteiger charge is -2.30. The molecule has 0 aromatic heterocycles. The number of nitrogens with one attached hydrogen (secondary N) is 1. The van der Waals surface area contributed by atoms with E-state index in [1.165, 1.54) is 0 Å². The van der Waals surface area contributed by atoms with Crippen LogP contribution in [0.4, 0.5) is 5.69 Å². The quantitative estimate of drug-likeness (QED) is 0.836. The van der Waals surface area contributed by atoms with Crippen molar-refractivity contribution < 1.29 is 19.1 Å². The van der Waals surface area contributed by atoms with Gasteiger partial charge in [-0.15, -0.1) is 0 Å². The number of hydrogen-bond acceptors (Lipinski definition) is 6. The van der Waals surface area contributed by atoms with Crippen molar-refractivity contribution >= 4 is 23.3 Å². The van der Waals surface area contributed by atoms with Crippen LogP contribution in [-0.4, -0.2) is 43.9 Å². The predicted octanol–water partition coefficient (Wildman–Crippen LogP) is 0.939. The summed E-state index contributed by atoms with van der Waals surface area (Å²) in [5, 5.41) is 8.84. The van der Waals surface area contributed by atoms with E-state index in [1.807, 2.05) is 12.1 Å². The van der Waals surface area contributed by atoms with Crippen LogP contribution in [0.5, 0.6) is 5.75 Å². The Balaban J connectivity index is 1.95. The molecule has 2 unspecified atom stereocenters. The molecule has 2 heterocycles. The standard InChI is InChI=1S/C16H19N3O4/c1-3-23-16(21)13-12-8-9-17-15(20)14(12)19(18-13)10-4-6-11(22-2)7-5-10/h4-7,12,14H,3,8-9H2,1-2H3,(H,17,20). The molecule has 2 aliphatic heterocycles. The number of anilines is 1. The molecule has 1 aromatic carbocycles. The van der Waals surface area contributed by atoms with E-state index >= 15 is 0 Å². The molecule has 23 heavy (non-hydrogen) atoms. The Kier molecular flexibility index (Phi) is 4.18. The van der Waals surface area contributed by atoms with Crippen LogP contribution in [0.1, 0.15) is 13.3 Å². The summed E-state index contributed by atoms with van der Waals surface area (Å²) in [7, 11) is 1.59. The van der Waals surface area contributed by atoms with E-state index < -0.39 is 12.0 Å². The lowest BCUT2D eigenvalue weighted by Crippen LogP contribution is -2.52. The number of esters is 1. The number of amides is 1. The molecule has 2 aliphatic rings. The first kappa shape index (κ1) is 15.3. The van der Waals surface area contributed by atoms with Gasteiger partial charge in [0.15, 0.2) is 5.71 Å². The Bertz CT molecular complexity index is 641. The predicted molar refractivity (Wildman–Crippen MR) is 84.4 cm³/mol. The van der Waals surface area contributed by atoms with Crippen molar-refractivity contribution in [3.63, 3.8) is 0 Å². The normalized spacial score (nSPS) is 23.0. The Morgan fingerprint density at radius 2 is 2.13 bits per heavy atom. The van der Waals surface area contributed by atoms with E-state index in [2.05, 4.69) is 10.4 Å². The SMILES string of the molecule is CCOC(=O)C1=NN(c2ccc(OC)cc2)C2C(=O)NCCC12. The van der Waals surface area contributed by atoms with Crippen molar-refractivity contribution in [1.82, 2.24) is 5.32 Å². The molecule has 7 heteroatoms. The highest BCUT2D eigenvalue weighted by Crippen LogP contribution is 2.33. The highest BCUT2D eigenvalue weighted by atomic mass is 16.5. The number of benzene rings is 1. The fourth-order valence-corrected chi connectivity index (χ4v) is 2.97. The van der Waals surface area contributed by atoms with Gasteiger partial charge in [-0.2, -0.15) is 5.10 Å². The van der Waals surface area contributed by atoms with E-state index in [9.17, 15) is 9.59 Å². The molecule has 122 valence electrons. The van der Waals surface area contributed by atoms with Crippen LogP contribution in [0.25, 0.3) is 0 Å². The van der Waals surface area contributed by atoms with Crippen molar-refractivity contribution in [3.05, 3.63) is 24.3 Å². The summed E-state index contributed by atoms with van der Waals surface area (Å²) < 4.78 is 10.2. The minimum absolute atomic E-state index is 0.125. The average Bonchev–Trinajstić information content (AvgIpc) is 2.96. The molecule has 0 aliphatic carbocycles. The molecule has 1 fully saturated rings. The fourth-order valence-electron chi connectivity index (χ4n) is 2.97. The van der Waals surface area contributed by atoms with Crippen LogP contribution in [0.3, 0.4) is 0 Å². The summed E-state index contributed by atoms with van der Waals surface area (Å²) in [6, 6.07) is 6.70. The number of rotatable bonds is 4. The molecule has 3 rings (SSSR count). The number of fused-ring (bicyclic) bond motifs is 1. The van der Waals surface area contributed by atoms with E-state index in [-0.39, 0.29) is 18.4 Å². The van der Waals surface area contributed by atoms with E-state index in [0.717, 1.165) is 5.69 Å². The van der Waals surface area contributed by atoms with Crippen LogP contribution >= 0.6 is 0 Å². The summed E-state index contributed by atoms with van der Waals surface area (Å²) in [5.74, 6) is -0.106. The number of methoxy groups -OCH3 is 1. The maximum Gasteiger partial charge on any atom is 0.354 e. The van der Waals surface area contributed by atoms with Gasteiger partial charge in [0.25, 0.3) is 0 Å². The maximum absolute atomic E-state index is 12.3. The highest BCUT2D eigenvalue weighted by Gasteiger charge is 2.47. The number of carbonyl (C=O) groups excluding carboxylic acids is 2. The van der Waals surface area contributed by atoms with Crippen LogP contribution in [0, 0.1) is 5.92 Å². The molecular weight excluding hydrogens is 298 g/mol. The second kappa shape index (κ2) is 6.28. The zero-order valence-electron chi connectivity index (χ0n) is 13.1. The average molecular weight is 317 g/mol. The zero-order valence-corrected chi connectivity index (χ0v) is 13.1. The Morgan fingerprint density at radius 1 is 1.39 bits per heavy atom. The monoisotopic (exact) mass is 317 g/mol. The number of nitrogens with zero attached hydrogens (tertiary/aromatic N) is 2. The number of carbonyl (C=O) groups is 2. The molecule has 7 nitrogen and oxygen atoms in total.